The minimum atomic E-state index is -0.184. The molecule has 3 aromatic heterocycles. The summed E-state index contributed by atoms with van der Waals surface area (Å²) in [5, 5.41) is 0. The number of hydrogen-bond acceptors (Lipinski definition) is 2. The van der Waals surface area contributed by atoms with Gasteiger partial charge in [0, 0.05) is 26.6 Å². The highest BCUT2D eigenvalue weighted by Crippen LogP contribution is 2.45. The second-order valence-corrected chi connectivity index (χ2v) is 9.57. The Kier molecular flexibility index (Phi) is 3.06. The molecule has 24 heavy (non-hydrogen) atoms. The molecule has 0 amide bonds. The quantitative estimate of drug-likeness (QED) is 0.538. The third kappa shape index (κ3) is 2.00. The standard InChI is InChI=1S/C21H25NOS/c1-19(2)13-7-8-14(22-13)20(3,4)17-11-12-18(24-17)21(5,6)16-10-9-15(19)23-16/h7-12,22H,1-6H3. The summed E-state index contributed by atoms with van der Waals surface area (Å²) in [7, 11) is 0. The first-order valence-electron chi connectivity index (χ1n) is 8.55. The number of H-pyrrole nitrogens is 1. The molecule has 0 spiro atoms. The Morgan fingerprint density at radius 1 is 0.667 bits per heavy atom. The van der Waals surface area contributed by atoms with Crippen molar-refractivity contribution in [2.45, 2.75) is 57.8 Å². The number of aromatic amines is 1. The average Bonchev–Trinajstić information content (AvgIpc) is 3.24. The van der Waals surface area contributed by atoms with Crippen molar-refractivity contribution in [1.82, 2.24) is 4.98 Å². The van der Waals surface area contributed by atoms with Crippen molar-refractivity contribution in [3.05, 3.63) is 69.1 Å². The first kappa shape index (κ1) is 15.8. The number of hydrogen-bond donors (Lipinski definition) is 1. The van der Waals surface area contributed by atoms with Crippen LogP contribution in [0.3, 0.4) is 0 Å². The molecule has 1 aliphatic rings. The van der Waals surface area contributed by atoms with Gasteiger partial charge in [-0.1, -0.05) is 0 Å². The van der Waals surface area contributed by atoms with Gasteiger partial charge in [0.25, 0.3) is 0 Å². The molecule has 0 radical (unpaired) electrons. The normalized spacial score (nSPS) is 20.2. The van der Waals surface area contributed by atoms with Gasteiger partial charge >= 0.3 is 0 Å². The topological polar surface area (TPSA) is 28.9 Å². The number of nitrogens with one attached hydrogen (secondary N) is 1. The highest BCUT2D eigenvalue weighted by molar-refractivity contribution is 7.12. The van der Waals surface area contributed by atoms with Gasteiger partial charge in [-0.25, -0.2) is 0 Å². The molecule has 1 aliphatic heterocycles. The smallest absolute Gasteiger partial charge is 0.115 e. The number of fused-ring (bicyclic) bond motifs is 6. The lowest BCUT2D eigenvalue weighted by molar-refractivity contribution is 0.363. The van der Waals surface area contributed by atoms with Gasteiger partial charge in [-0.2, -0.15) is 0 Å². The summed E-state index contributed by atoms with van der Waals surface area (Å²) in [5.41, 5.74) is 2.11. The van der Waals surface area contributed by atoms with Gasteiger partial charge in [-0.15, -0.1) is 11.3 Å². The van der Waals surface area contributed by atoms with Crippen LogP contribution in [0.4, 0.5) is 0 Å². The van der Waals surface area contributed by atoms with E-state index in [1.54, 1.807) is 0 Å². The second kappa shape index (κ2) is 4.66. The monoisotopic (exact) mass is 339 g/mol. The van der Waals surface area contributed by atoms with Crippen LogP contribution in [0.25, 0.3) is 0 Å². The van der Waals surface area contributed by atoms with Crippen molar-refractivity contribution >= 4 is 11.3 Å². The second-order valence-electron chi connectivity index (χ2n) is 8.49. The lowest BCUT2D eigenvalue weighted by Gasteiger charge is -2.27. The molecule has 0 unspecified atom stereocenters. The Bertz CT molecular complexity index is 723. The molecule has 2 nitrogen and oxygen atoms in total. The van der Waals surface area contributed by atoms with E-state index in [2.05, 4.69) is 82.9 Å². The van der Waals surface area contributed by atoms with Crippen molar-refractivity contribution in [3.8, 4) is 0 Å². The van der Waals surface area contributed by atoms with Crippen LogP contribution in [0.2, 0.25) is 0 Å². The summed E-state index contributed by atoms with van der Waals surface area (Å²) < 4.78 is 6.36. The number of furan rings is 1. The molecule has 3 aromatic rings. The minimum Gasteiger partial charge on any atom is -0.464 e. The summed E-state index contributed by atoms with van der Waals surface area (Å²) in [6.07, 6.45) is 0. The van der Waals surface area contributed by atoms with Gasteiger partial charge in [-0.05, 0) is 77.9 Å². The Balaban J connectivity index is 2.04. The van der Waals surface area contributed by atoms with Gasteiger partial charge in [-0.3, -0.25) is 0 Å². The number of thiophene rings is 1. The molecule has 0 atom stereocenters. The Hall–Kier alpha value is -1.74. The Morgan fingerprint density at radius 2 is 1.17 bits per heavy atom. The molecule has 0 fully saturated rings. The van der Waals surface area contributed by atoms with E-state index in [-0.39, 0.29) is 16.2 Å². The van der Waals surface area contributed by atoms with Crippen LogP contribution in [0.5, 0.6) is 0 Å². The van der Waals surface area contributed by atoms with Gasteiger partial charge < -0.3 is 9.40 Å². The zero-order valence-electron chi connectivity index (χ0n) is 15.3. The maximum atomic E-state index is 6.36. The maximum Gasteiger partial charge on any atom is 0.115 e. The lowest BCUT2D eigenvalue weighted by atomic mass is 9.86. The van der Waals surface area contributed by atoms with Crippen LogP contribution in [-0.2, 0) is 16.2 Å². The molecule has 126 valence electrons. The molecule has 4 heterocycles. The Labute approximate surface area is 147 Å². The summed E-state index contributed by atoms with van der Waals surface area (Å²) in [4.78, 5) is 6.40. The molecule has 0 aromatic carbocycles. The van der Waals surface area contributed by atoms with Gasteiger partial charge in [0.05, 0.1) is 10.8 Å². The SMILES string of the molecule is CC1(C)c2ccc([nH]2)C(C)(C)c2ccc(s2)C(C)(C)c2ccc1o2. The van der Waals surface area contributed by atoms with Crippen molar-refractivity contribution < 1.29 is 4.42 Å². The fraction of sp³-hybridized carbons (Fsp3) is 0.429. The van der Waals surface area contributed by atoms with Crippen molar-refractivity contribution in [2.24, 2.45) is 0 Å². The molecular weight excluding hydrogens is 314 g/mol. The predicted molar refractivity (Wildman–Crippen MR) is 100 cm³/mol. The Morgan fingerprint density at radius 3 is 1.79 bits per heavy atom. The van der Waals surface area contributed by atoms with Gasteiger partial charge in [0.2, 0.25) is 0 Å². The molecule has 3 heteroatoms. The van der Waals surface area contributed by atoms with Crippen LogP contribution in [0, 0.1) is 0 Å². The average molecular weight is 340 g/mol. The molecule has 0 aliphatic carbocycles. The highest BCUT2D eigenvalue weighted by Gasteiger charge is 2.37. The third-order valence-corrected chi connectivity index (χ3v) is 7.44. The van der Waals surface area contributed by atoms with Crippen molar-refractivity contribution in [2.75, 3.05) is 0 Å². The first-order chi connectivity index (χ1) is 11.1. The van der Waals surface area contributed by atoms with Crippen LogP contribution in [0.15, 0.2) is 40.8 Å². The van der Waals surface area contributed by atoms with Gasteiger partial charge in [0.1, 0.15) is 11.5 Å². The molecule has 1 N–H and O–H groups in total. The molecule has 4 rings (SSSR count). The number of rotatable bonds is 0. The first-order valence-corrected chi connectivity index (χ1v) is 9.37. The van der Waals surface area contributed by atoms with Gasteiger partial charge in [0.15, 0.2) is 0 Å². The van der Waals surface area contributed by atoms with E-state index in [4.69, 9.17) is 4.42 Å². The van der Waals surface area contributed by atoms with Crippen LogP contribution in [-0.4, -0.2) is 4.98 Å². The predicted octanol–water partition coefficient (Wildman–Crippen LogP) is 5.96. The van der Waals surface area contributed by atoms with Crippen molar-refractivity contribution in [3.63, 3.8) is 0 Å². The third-order valence-electron chi connectivity index (χ3n) is 5.71. The summed E-state index contributed by atoms with van der Waals surface area (Å²) in [6.45, 7) is 13.5. The molecular formula is C21H25NOS. The van der Waals surface area contributed by atoms with E-state index in [0.29, 0.717) is 0 Å². The van der Waals surface area contributed by atoms with Crippen LogP contribution in [0.1, 0.15) is 74.2 Å². The molecule has 6 bridgehead atoms. The number of aromatic nitrogens is 1. The van der Waals surface area contributed by atoms with E-state index in [0.717, 1.165) is 11.5 Å². The largest absolute Gasteiger partial charge is 0.464 e. The summed E-state index contributed by atoms with van der Waals surface area (Å²) >= 11 is 1.89. The molecule has 0 saturated carbocycles. The van der Waals surface area contributed by atoms with Crippen molar-refractivity contribution in [1.29, 1.82) is 0 Å². The summed E-state index contributed by atoms with van der Waals surface area (Å²) in [6, 6.07) is 13.2. The minimum absolute atomic E-state index is 0.0325. The zero-order chi connectivity index (χ0) is 17.3. The van der Waals surface area contributed by atoms with E-state index in [9.17, 15) is 0 Å². The van der Waals surface area contributed by atoms with E-state index in [1.165, 1.54) is 21.1 Å². The zero-order valence-corrected chi connectivity index (χ0v) is 16.1. The summed E-state index contributed by atoms with van der Waals surface area (Å²) in [5.74, 6) is 2.04. The van der Waals surface area contributed by atoms with E-state index >= 15 is 0 Å². The van der Waals surface area contributed by atoms with Crippen LogP contribution >= 0.6 is 11.3 Å². The van der Waals surface area contributed by atoms with Crippen LogP contribution < -0.4 is 0 Å². The lowest BCUT2D eigenvalue weighted by Crippen LogP contribution is -2.22. The maximum absolute atomic E-state index is 6.36. The molecule has 0 saturated heterocycles. The van der Waals surface area contributed by atoms with E-state index in [1.807, 2.05) is 11.3 Å². The fourth-order valence-corrected chi connectivity index (χ4v) is 4.76. The van der Waals surface area contributed by atoms with E-state index < -0.39 is 0 Å². The fourth-order valence-electron chi connectivity index (χ4n) is 3.53. The highest BCUT2D eigenvalue weighted by atomic mass is 32.1.